The van der Waals surface area contributed by atoms with Crippen LogP contribution in [0.5, 0.6) is 5.75 Å². The number of carbonyl (C=O) groups is 1. The zero-order valence-corrected chi connectivity index (χ0v) is 13.0. The highest BCUT2D eigenvalue weighted by Crippen LogP contribution is 2.30. The van der Waals surface area contributed by atoms with E-state index in [1.165, 1.54) is 17.0 Å². The second kappa shape index (κ2) is 6.48. The van der Waals surface area contributed by atoms with Crippen molar-refractivity contribution < 1.29 is 22.7 Å². The van der Waals surface area contributed by atoms with Crippen LogP contribution in [0, 0.1) is 11.3 Å². The van der Waals surface area contributed by atoms with Crippen LogP contribution in [-0.4, -0.2) is 17.4 Å². The number of ether oxygens (including phenoxy) is 1. The van der Waals surface area contributed by atoms with Gasteiger partial charge in [-0.15, -0.1) is 0 Å². The van der Waals surface area contributed by atoms with Gasteiger partial charge in [-0.3, -0.25) is 4.79 Å². The molecule has 0 atom stereocenters. The summed E-state index contributed by atoms with van der Waals surface area (Å²) in [5, 5.41) is 8.72. The molecular weight excluding hydrogens is 333 g/mol. The largest absolute Gasteiger partial charge is 0.489 e. The summed E-state index contributed by atoms with van der Waals surface area (Å²) >= 11 is 0. The van der Waals surface area contributed by atoms with Gasteiger partial charge in [0, 0.05) is 12.1 Å². The molecule has 0 aliphatic carbocycles. The molecule has 0 spiro atoms. The van der Waals surface area contributed by atoms with Crippen LogP contribution >= 0.6 is 0 Å². The predicted molar refractivity (Wildman–Crippen MR) is 82.6 cm³/mol. The molecule has 25 heavy (non-hydrogen) atoms. The van der Waals surface area contributed by atoms with Gasteiger partial charge in [-0.05, 0) is 41.5 Å². The first kappa shape index (κ1) is 16.8. The van der Waals surface area contributed by atoms with E-state index in [0.29, 0.717) is 23.4 Å². The number of amides is 1. The number of benzene rings is 2. The lowest BCUT2D eigenvalue weighted by molar-refractivity contribution is -0.137. The molecule has 0 N–H and O–H groups in total. The number of alkyl halides is 3. The molecule has 1 amide bonds. The third-order valence-electron chi connectivity index (χ3n) is 3.90. The molecule has 0 bridgehead atoms. The maximum atomic E-state index is 12.5. The van der Waals surface area contributed by atoms with Gasteiger partial charge in [0.2, 0.25) is 0 Å². The van der Waals surface area contributed by atoms with E-state index in [1.807, 2.05) is 6.07 Å². The zero-order valence-electron chi connectivity index (χ0n) is 13.0. The average Bonchev–Trinajstić information content (AvgIpc) is 2.88. The molecule has 0 fully saturated rings. The molecule has 128 valence electrons. The van der Waals surface area contributed by atoms with Gasteiger partial charge in [-0.2, -0.15) is 18.4 Å². The Kier molecular flexibility index (Phi) is 4.36. The molecule has 0 saturated heterocycles. The molecule has 1 aliphatic heterocycles. The Morgan fingerprint density at radius 1 is 1.16 bits per heavy atom. The Morgan fingerprint density at radius 3 is 2.52 bits per heavy atom. The summed E-state index contributed by atoms with van der Waals surface area (Å²) in [6, 6.07) is 11.7. The normalized spacial score (nSPS) is 13.5. The first-order chi connectivity index (χ1) is 11.9. The number of rotatable bonds is 4. The molecule has 0 radical (unpaired) electrons. The molecular formula is C18H13F3N2O2. The Balaban J connectivity index is 1.67. The summed E-state index contributed by atoms with van der Waals surface area (Å²) in [4.78, 5) is 13.5. The summed E-state index contributed by atoms with van der Waals surface area (Å²) in [6.07, 6.45) is -4.36. The highest BCUT2D eigenvalue weighted by molar-refractivity contribution is 5.98. The van der Waals surface area contributed by atoms with Crippen molar-refractivity contribution in [3.8, 4) is 11.8 Å². The smallest absolute Gasteiger partial charge is 0.416 e. The highest BCUT2D eigenvalue weighted by Gasteiger charge is 2.30. The molecule has 2 aromatic carbocycles. The van der Waals surface area contributed by atoms with Crippen molar-refractivity contribution >= 4 is 5.91 Å². The summed E-state index contributed by atoms with van der Waals surface area (Å²) in [5.41, 5.74) is 1.21. The van der Waals surface area contributed by atoms with Gasteiger partial charge in [-0.1, -0.05) is 12.1 Å². The van der Waals surface area contributed by atoms with E-state index < -0.39 is 11.7 Å². The number of fused-ring (bicyclic) bond motifs is 1. The maximum Gasteiger partial charge on any atom is 0.416 e. The first-order valence-corrected chi connectivity index (χ1v) is 7.46. The Hall–Kier alpha value is -3.01. The van der Waals surface area contributed by atoms with E-state index in [9.17, 15) is 18.0 Å². The second-order valence-electron chi connectivity index (χ2n) is 5.62. The number of hydrogen-bond donors (Lipinski definition) is 0. The van der Waals surface area contributed by atoms with E-state index in [-0.39, 0.29) is 19.1 Å². The van der Waals surface area contributed by atoms with Crippen LogP contribution in [0.3, 0.4) is 0 Å². The number of hydrogen-bond acceptors (Lipinski definition) is 3. The van der Waals surface area contributed by atoms with Crippen molar-refractivity contribution in [2.24, 2.45) is 0 Å². The first-order valence-electron chi connectivity index (χ1n) is 7.46. The predicted octanol–water partition coefficient (Wildman–Crippen LogP) is 3.76. The van der Waals surface area contributed by atoms with Gasteiger partial charge >= 0.3 is 6.18 Å². The molecule has 0 aromatic heterocycles. The van der Waals surface area contributed by atoms with Gasteiger partial charge in [0.15, 0.2) is 0 Å². The topological polar surface area (TPSA) is 53.3 Å². The van der Waals surface area contributed by atoms with Crippen LogP contribution in [0.1, 0.15) is 27.0 Å². The highest BCUT2D eigenvalue weighted by atomic mass is 19.4. The van der Waals surface area contributed by atoms with E-state index in [2.05, 4.69) is 0 Å². The monoisotopic (exact) mass is 346 g/mol. The van der Waals surface area contributed by atoms with E-state index in [0.717, 1.165) is 17.7 Å². The molecule has 1 aliphatic rings. The zero-order chi connectivity index (χ0) is 18.0. The van der Waals surface area contributed by atoms with Crippen molar-refractivity contribution in [2.75, 3.05) is 6.54 Å². The number of nitrogens with zero attached hydrogens (tertiary/aromatic N) is 2. The van der Waals surface area contributed by atoms with Crippen molar-refractivity contribution in [3.63, 3.8) is 0 Å². The minimum Gasteiger partial charge on any atom is -0.489 e. The molecule has 4 nitrogen and oxygen atoms in total. The van der Waals surface area contributed by atoms with Crippen LogP contribution in [-0.2, 0) is 19.3 Å². The fourth-order valence-corrected chi connectivity index (χ4v) is 2.62. The summed E-state index contributed by atoms with van der Waals surface area (Å²) in [6.45, 7) is 0.487. The lowest BCUT2D eigenvalue weighted by atomic mass is 10.1. The Bertz CT molecular complexity index is 839. The third kappa shape index (κ3) is 3.58. The van der Waals surface area contributed by atoms with E-state index >= 15 is 0 Å². The Labute approximate surface area is 142 Å². The lowest BCUT2D eigenvalue weighted by Gasteiger charge is -2.10. The number of carbonyl (C=O) groups excluding carboxylic acids is 1. The minimum absolute atomic E-state index is 0.0231. The van der Waals surface area contributed by atoms with Gasteiger partial charge in [-0.25, -0.2) is 0 Å². The van der Waals surface area contributed by atoms with Crippen LogP contribution < -0.4 is 4.74 Å². The standard InChI is InChI=1S/C18H13F3N2O2/c19-18(20,21)14-3-1-12(2-4-14)11-25-15-5-6-16-13(9-15)10-23(8-7-22)17(16)24/h1-6,9H,8,10-11H2. The van der Waals surface area contributed by atoms with Gasteiger partial charge in [0.05, 0.1) is 11.6 Å². The minimum atomic E-state index is -4.36. The molecule has 3 rings (SSSR count). The lowest BCUT2D eigenvalue weighted by Crippen LogP contribution is -2.23. The molecule has 1 heterocycles. The third-order valence-corrected chi connectivity index (χ3v) is 3.90. The maximum absolute atomic E-state index is 12.5. The quantitative estimate of drug-likeness (QED) is 0.792. The van der Waals surface area contributed by atoms with Crippen LogP contribution in [0.2, 0.25) is 0 Å². The number of halogens is 3. The average molecular weight is 346 g/mol. The fraction of sp³-hybridized carbons (Fsp3) is 0.222. The SMILES string of the molecule is N#CCN1Cc2cc(OCc3ccc(C(F)(F)F)cc3)ccc2C1=O. The van der Waals surface area contributed by atoms with E-state index in [4.69, 9.17) is 10.00 Å². The summed E-state index contributed by atoms with van der Waals surface area (Å²) < 4.78 is 43.2. The van der Waals surface area contributed by atoms with Crippen molar-refractivity contribution in [1.82, 2.24) is 4.90 Å². The van der Waals surface area contributed by atoms with E-state index in [1.54, 1.807) is 18.2 Å². The molecule has 2 aromatic rings. The van der Waals surface area contributed by atoms with Crippen LogP contribution in [0.15, 0.2) is 42.5 Å². The Morgan fingerprint density at radius 2 is 1.88 bits per heavy atom. The van der Waals surface area contributed by atoms with Gasteiger partial charge in [0.25, 0.3) is 5.91 Å². The summed E-state index contributed by atoms with van der Waals surface area (Å²) in [5.74, 6) is 0.330. The second-order valence-corrected chi connectivity index (χ2v) is 5.62. The summed E-state index contributed by atoms with van der Waals surface area (Å²) in [7, 11) is 0. The van der Waals surface area contributed by atoms with Gasteiger partial charge < -0.3 is 9.64 Å². The van der Waals surface area contributed by atoms with Crippen molar-refractivity contribution in [1.29, 1.82) is 5.26 Å². The number of nitriles is 1. The molecule has 0 unspecified atom stereocenters. The fourth-order valence-electron chi connectivity index (χ4n) is 2.62. The molecule has 0 saturated carbocycles. The van der Waals surface area contributed by atoms with Crippen molar-refractivity contribution in [3.05, 3.63) is 64.7 Å². The van der Waals surface area contributed by atoms with Crippen molar-refractivity contribution in [2.45, 2.75) is 19.3 Å². The van der Waals surface area contributed by atoms with Crippen LogP contribution in [0.25, 0.3) is 0 Å². The van der Waals surface area contributed by atoms with Crippen LogP contribution in [0.4, 0.5) is 13.2 Å². The van der Waals surface area contributed by atoms with Gasteiger partial charge in [0.1, 0.15) is 18.9 Å². The molecule has 7 heteroatoms.